The highest BCUT2D eigenvalue weighted by molar-refractivity contribution is 7.92. The van der Waals surface area contributed by atoms with Crippen LogP contribution in [0.4, 0.5) is 10.1 Å². The molecule has 0 spiro atoms. The minimum absolute atomic E-state index is 0.00551. The average molecular weight is 662 g/mol. The van der Waals surface area contributed by atoms with Gasteiger partial charge in [0.05, 0.1) is 10.6 Å². The van der Waals surface area contributed by atoms with Crippen molar-refractivity contribution in [3.05, 3.63) is 131 Å². The lowest BCUT2D eigenvalue weighted by atomic mass is 10.0. The van der Waals surface area contributed by atoms with Gasteiger partial charge in [0.1, 0.15) is 18.4 Å². The third-order valence-corrected chi connectivity index (χ3v) is 10.4. The van der Waals surface area contributed by atoms with Crippen LogP contribution in [0.3, 0.4) is 0 Å². The van der Waals surface area contributed by atoms with Gasteiger partial charge >= 0.3 is 0 Å². The Balaban J connectivity index is 1.57. The van der Waals surface area contributed by atoms with E-state index >= 15 is 0 Å². The molecule has 0 heterocycles. The number of nitrogens with zero attached hydrogens (tertiary/aromatic N) is 2. The Hall–Kier alpha value is -4.21. The Morgan fingerprint density at radius 1 is 0.891 bits per heavy atom. The molecule has 7 nitrogen and oxygen atoms in total. The highest BCUT2D eigenvalue weighted by atomic mass is 35.5. The molecule has 0 aromatic heterocycles. The average Bonchev–Trinajstić information content (AvgIpc) is 3.56. The molecular weight excluding hydrogens is 625 g/mol. The van der Waals surface area contributed by atoms with Gasteiger partial charge in [0.2, 0.25) is 11.8 Å². The van der Waals surface area contributed by atoms with Crippen LogP contribution in [-0.2, 0) is 32.6 Å². The first-order chi connectivity index (χ1) is 22.1. The number of anilines is 1. The second kappa shape index (κ2) is 14.9. The Labute approximate surface area is 275 Å². The van der Waals surface area contributed by atoms with Gasteiger partial charge in [-0.3, -0.25) is 13.9 Å². The number of hydrogen-bond donors (Lipinski definition) is 1. The van der Waals surface area contributed by atoms with Crippen molar-refractivity contribution in [1.82, 2.24) is 10.2 Å². The molecule has 1 saturated carbocycles. The highest BCUT2D eigenvalue weighted by Gasteiger charge is 2.35. The predicted molar refractivity (Wildman–Crippen MR) is 178 cm³/mol. The summed E-state index contributed by atoms with van der Waals surface area (Å²) in [5.41, 5.74) is 2.63. The fourth-order valence-electron chi connectivity index (χ4n) is 5.71. The van der Waals surface area contributed by atoms with Crippen molar-refractivity contribution in [2.24, 2.45) is 0 Å². The van der Waals surface area contributed by atoms with Crippen molar-refractivity contribution < 1.29 is 22.4 Å². The molecule has 1 aliphatic carbocycles. The van der Waals surface area contributed by atoms with Crippen molar-refractivity contribution in [1.29, 1.82) is 0 Å². The van der Waals surface area contributed by atoms with Gasteiger partial charge < -0.3 is 10.2 Å². The van der Waals surface area contributed by atoms with Gasteiger partial charge in [-0.2, -0.15) is 0 Å². The predicted octanol–water partition coefficient (Wildman–Crippen LogP) is 6.68. The van der Waals surface area contributed by atoms with Gasteiger partial charge in [-0.25, -0.2) is 12.8 Å². The summed E-state index contributed by atoms with van der Waals surface area (Å²) in [5.74, 6) is -1.48. The van der Waals surface area contributed by atoms with E-state index < -0.39 is 34.3 Å². The number of hydrogen-bond acceptors (Lipinski definition) is 4. The van der Waals surface area contributed by atoms with Gasteiger partial charge in [-0.1, -0.05) is 90.7 Å². The van der Waals surface area contributed by atoms with Crippen molar-refractivity contribution >= 4 is 39.1 Å². The van der Waals surface area contributed by atoms with Crippen molar-refractivity contribution in [3.8, 4) is 0 Å². The number of nitrogens with one attached hydrogen (secondary N) is 1. The summed E-state index contributed by atoms with van der Waals surface area (Å²) >= 11 is 6.56. The minimum atomic E-state index is -4.32. The molecule has 10 heteroatoms. The molecule has 0 radical (unpaired) electrons. The lowest BCUT2D eigenvalue weighted by molar-refractivity contribution is -0.140. The molecule has 1 fully saturated rings. The lowest BCUT2D eigenvalue weighted by Crippen LogP contribution is -2.54. The molecule has 0 bridgehead atoms. The van der Waals surface area contributed by atoms with Crippen LogP contribution in [0, 0.1) is 12.7 Å². The number of sulfonamides is 1. The molecule has 1 N–H and O–H groups in total. The summed E-state index contributed by atoms with van der Waals surface area (Å²) in [7, 11) is -4.32. The quantitative estimate of drug-likeness (QED) is 0.184. The zero-order valence-electron chi connectivity index (χ0n) is 25.6. The zero-order chi connectivity index (χ0) is 32.7. The summed E-state index contributed by atoms with van der Waals surface area (Å²) in [6.07, 6.45) is 3.97. The third kappa shape index (κ3) is 8.13. The van der Waals surface area contributed by atoms with Crippen LogP contribution in [0.5, 0.6) is 0 Å². The standard InChI is InChI=1S/C36H37ClFN3O4S/c1-26-15-19-31(20-16-26)41(46(44,45)32-21-17-29(38)18-22-32)25-35(42)40(24-28-11-5-8-14-33(28)37)34(23-27-9-3-2-4-10-27)36(43)39-30-12-6-7-13-30/h2-5,8-11,14-22,30,34H,6-7,12-13,23-25H2,1H3,(H,39,43)/t34-/m1/s1. The van der Waals surface area contributed by atoms with E-state index in [4.69, 9.17) is 11.6 Å². The summed E-state index contributed by atoms with van der Waals surface area (Å²) < 4.78 is 42.9. The second-order valence-electron chi connectivity index (χ2n) is 11.6. The molecule has 46 heavy (non-hydrogen) atoms. The van der Waals surface area contributed by atoms with Gasteiger partial charge in [0, 0.05) is 24.0 Å². The largest absolute Gasteiger partial charge is 0.352 e. The number of amides is 2. The van der Waals surface area contributed by atoms with Gasteiger partial charge in [0.15, 0.2) is 0 Å². The van der Waals surface area contributed by atoms with Crippen LogP contribution in [0.1, 0.15) is 42.4 Å². The number of benzene rings is 4. The van der Waals surface area contributed by atoms with Gasteiger partial charge in [0.25, 0.3) is 10.0 Å². The van der Waals surface area contributed by atoms with E-state index in [2.05, 4.69) is 5.32 Å². The smallest absolute Gasteiger partial charge is 0.264 e. The van der Waals surface area contributed by atoms with Crippen molar-refractivity contribution in [2.75, 3.05) is 10.8 Å². The van der Waals surface area contributed by atoms with Gasteiger partial charge in [-0.15, -0.1) is 0 Å². The Bertz CT molecular complexity index is 1750. The molecule has 2 amide bonds. The molecule has 1 atom stereocenters. The molecule has 4 aromatic carbocycles. The maximum Gasteiger partial charge on any atom is 0.264 e. The normalized spacial score (nSPS) is 14.1. The molecular formula is C36H37ClFN3O4S. The van der Waals surface area contributed by atoms with E-state index in [-0.39, 0.29) is 35.5 Å². The van der Waals surface area contributed by atoms with E-state index in [1.807, 2.05) is 37.3 Å². The fraction of sp³-hybridized carbons (Fsp3) is 0.278. The lowest BCUT2D eigenvalue weighted by Gasteiger charge is -2.34. The SMILES string of the molecule is Cc1ccc(N(CC(=O)N(Cc2ccccc2Cl)[C@H](Cc2ccccc2)C(=O)NC2CCCC2)S(=O)(=O)c2ccc(F)cc2)cc1. The van der Waals surface area contributed by atoms with E-state index in [0.29, 0.717) is 10.6 Å². The number of halogens is 2. The Morgan fingerprint density at radius 2 is 1.52 bits per heavy atom. The van der Waals surface area contributed by atoms with Crippen LogP contribution in [0.2, 0.25) is 5.02 Å². The van der Waals surface area contributed by atoms with Crippen LogP contribution < -0.4 is 9.62 Å². The zero-order valence-corrected chi connectivity index (χ0v) is 27.2. The highest BCUT2D eigenvalue weighted by Crippen LogP contribution is 2.27. The van der Waals surface area contributed by atoms with Crippen LogP contribution >= 0.6 is 11.6 Å². The first kappa shape index (κ1) is 33.2. The topological polar surface area (TPSA) is 86.8 Å². The maximum atomic E-state index is 14.6. The molecule has 0 aliphatic heterocycles. The summed E-state index contributed by atoms with van der Waals surface area (Å²) in [6, 6.07) is 26.7. The minimum Gasteiger partial charge on any atom is -0.352 e. The maximum absolute atomic E-state index is 14.6. The number of rotatable bonds is 12. The van der Waals surface area contributed by atoms with E-state index in [0.717, 1.165) is 53.2 Å². The summed E-state index contributed by atoms with van der Waals surface area (Å²) in [4.78, 5) is 29.9. The second-order valence-corrected chi connectivity index (χ2v) is 13.9. The van der Waals surface area contributed by atoms with Crippen molar-refractivity contribution in [3.63, 3.8) is 0 Å². The van der Waals surface area contributed by atoms with Crippen LogP contribution in [-0.4, -0.2) is 43.8 Å². The molecule has 0 saturated heterocycles. The van der Waals surface area contributed by atoms with Crippen LogP contribution in [0.15, 0.2) is 108 Å². The molecule has 240 valence electrons. The van der Waals surface area contributed by atoms with Crippen molar-refractivity contribution in [2.45, 2.75) is 62.6 Å². The first-order valence-electron chi connectivity index (χ1n) is 15.3. The first-order valence-corrected chi connectivity index (χ1v) is 17.2. The molecule has 4 aromatic rings. The van der Waals surface area contributed by atoms with Crippen LogP contribution in [0.25, 0.3) is 0 Å². The summed E-state index contributed by atoms with van der Waals surface area (Å²) in [6.45, 7) is 1.25. The Morgan fingerprint density at radius 3 is 2.17 bits per heavy atom. The molecule has 1 aliphatic rings. The van der Waals surface area contributed by atoms with E-state index in [1.54, 1.807) is 48.5 Å². The molecule has 0 unspecified atom stereocenters. The number of aryl methyl sites for hydroxylation is 1. The Kier molecular flexibility index (Phi) is 10.8. The summed E-state index contributed by atoms with van der Waals surface area (Å²) in [5, 5.41) is 3.58. The third-order valence-electron chi connectivity index (χ3n) is 8.27. The van der Waals surface area contributed by atoms with E-state index in [9.17, 15) is 22.4 Å². The van der Waals surface area contributed by atoms with E-state index in [1.165, 1.54) is 17.0 Å². The van der Waals surface area contributed by atoms with Gasteiger partial charge in [-0.05, 0) is 73.4 Å². The monoisotopic (exact) mass is 661 g/mol. The number of carbonyl (C=O) groups excluding carboxylic acids is 2. The molecule has 5 rings (SSSR count). The fourth-order valence-corrected chi connectivity index (χ4v) is 7.31. The number of carbonyl (C=O) groups is 2.